The van der Waals surface area contributed by atoms with Gasteiger partial charge < -0.3 is 15.0 Å². The second kappa shape index (κ2) is 7.83. The molecule has 140 valence electrons. The standard InChI is InChI=1S/C17H21F3N2O2.ClH/c1-22(11-6-8-21-9-7-11)16(23)14-10-13(14)12-4-2-3-5-15(12)24-17(18,19)20;/h2-5,11,13-14,21H,6-10H2,1H3;1H. The number of piperidine rings is 1. The first-order chi connectivity index (χ1) is 11.4. The molecule has 1 saturated heterocycles. The number of para-hydroxylation sites is 1. The van der Waals surface area contributed by atoms with Gasteiger partial charge >= 0.3 is 6.36 Å². The summed E-state index contributed by atoms with van der Waals surface area (Å²) < 4.78 is 41.7. The Hall–Kier alpha value is -1.47. The predicted molar refractivity (Wildman–Crippen MR) is 89.9 cm³/mol. The molecule has 2 atom stereocenters. The third-order valence-electron chi connectivity index (χ3n) is 4.86. The summed E-state index contributed by atoms with van der Waals surface area (Å²) in [6.07, 6.45) is -2.33. The maximum Gasteiger partial charge on any atom is 0.573 e. The van der Waals surface area contributed by atoms with Gasteiger partial charge in [-0.2, -0.15) is 0 Å². The molecule has 4 nitrogen and oxygen atoms in total. The SMILES string of the molecule is CN(C(=O)C1CC1c1ccccc1OC(F)(F)F)C1CCNCC1.Cl. The molecule has 0 aromatic heterocycles. The summed E-state index contributed by atoms with van der Waals surface area (Å²) in [5.41, 5.74) is 0.465. The van der Waals surface area contributed by atoms with Crippen LogP contribution >= 0.6 is 12.4 Å². The number of nitrogens with zero attached hydrogens (tertiary/aromatic N) is 1. The first-order valence-corrected chi connectivity index (χ1v) is 8.19. The highest BCUT2D eigenvalue weighted by Crippen LogP contribution is 2.51. The van der Waals surface area contributed by atoms with Crippen molar-refractivity contribution in [1.82, 2.24) is 10.2 Å². The van der Waals surface area contributed by atoms with Gasteiger partial charge in [0.05, 0.1) is 0 Å². The minimum absolute atomic E-state index is 0. The van der Waals surface area contributed by atoms with Gasteiger partial charge in [-0.3, -0.25) is 4.79 Å². The van der Waals surface area contributed by atoms with E-state index in [0.717, 1.165) is 25.9 Å². The Morgan fingerprint density at radius 2 is 1.88 bits per heavy atom. The number of carbonyl (C=O) groups excluding carboxylic acids is 1. The lowest BCUT2D eigenvalue weighted by molar-refractivity contribution is -0.274. The first-order valence-electron chi connectivity index (χ1n) is 8.19. The molecular formula is C17H22ClF3N2O2. The lowest BCUT2D eigenvalue weighted by atomic mass is 10.0. The lowest BCUT2D eigenvalue weighted by Crippen LogP contribution is -2.44. The molecule has 1 aromatic rings. The Morgan fingerprint density at radius 3 is 2.52 bits per heavy atom. The topological polar surface area (TPSA) is 41.6 Å². The summed E-state index contributed by atoms with van der Waals surface area (Å²) >= 11 is 0. The number of benzene rings is 1. The summed E-state index contributed by atoms with van der Waals surface area (Å²) in [4.78, 5) is 14.4. The van der Waals surface area contributed by atoms with Crippen LogP contribution in [0.4, 0.5) is 13.2 Å². The van der Waals surface area contributed by atoms with Crippen LogP contribution in [0.25, 0.3) is 0 Å². The van der Waals surface area contributed by atoms with Crippen LogP contribution < -0.4 is 10.1 Å². The number of hydrogen-bond donors (Lipinski definition) is 1. The molecular weight excluding hydrogens is 357 g/mol. The van der Waals surface area contributed by atoms with E-state index in [-0.39, 0.29) is 41.9 Å². The number of hydrogen-bond acceptors (Lipinski definition) is 3. The Labute approximate surface area is 151 Å². The number of nitrogens with one attached hydrogen (secondary N) is 1. The van der Waals surface area contributed by atoms with E-state index >= 15 is 0 Å². The number of carbonyl (C=O) groups is 1. The zero-order valence-electron chi connectivity index (χ0n) is 13.9. The van der Waals surface area contributed by atoms with E-state index in [1.807, 2.05) is 0 Å². The van der Waals surface area contributed by atoms with Gasteiger partial charge in [-0.1, -0.05) is 18.2 Å². The molecule has 0 bridgehead atoms. The minimum Gasteiger partial charge on any atom is -0.405 e. The molecule has 3 rings (SSSR count). The zero-order valence-corrected chi connectivity index (χ0v) is 14.7. The van der Waals surface area contributed by atoms with Gasteiger partial charge in [0.15, 0.2) is 0 Å². The van der Waals surface area contributed by atoms with Crippen molar-refractivity contribution >= 4 is 18.3 Å². The first kappa shape index (κ1) is 19.8. The summed E-state index contributed by atoms with van der Waals surface area (Å²) in [7, 11) is 1.80. The highest BCUT2D eigenvalue weighted by Gasteiger charge is 2.48. The van der Waals surface area contributed by atoms with Crippen LogP contribution in [0.3, 0.4) is 0 Å². The van der Waals surface area contributed by atoms with Crippen LogP contribution in [0.2, 0.25) is 0 Å². The maximum atomic E-state index is 12.6. The average Bonchev–Trinajstić information content (AvgIpc) is 3.34. The van der Waals surface area contributed by atoms with Crippen molar-refractivity contribution in [2.24, 2.45) is 5.92 Å². The Kier molecular flexibility index (Phi) is 6.21. The Balaban J connectivity index is 0.00000225. The molecule has 1 aliphatic heterocycles. The van der Waals surface area contributed by atoms with Crippen molar-refractivity contribution in [3.63, 3.8) is 0 Å². The van der Waals surface area contributed by atoms with Crippen molar-refractivity contribution in [1.29, 1.82) is 0 Å². The van der Waals surface area contributed by atoms with Crippen molar-refractivity contribution in [3.8, 4) is 5.75 Å². The molecule has 0 spiro atoms. The lowest BCUT2D eigenvalue weighted by Gasteiger charge is -2.32. The quantitative estimate of drug-likeness (QED) is 0.874. The number of amides is 1. The third kappa shape index (κ3) is 4.79. The smallest absolute Gasteiger partial charge is 0.405 e. The van der Waals surface area contributed by atoms with Crippen LogP contribution in [0.5, 0.6) is 5.75 Å². The molecule has 25 heavy (non-hydrogen) atoms. The highest BCUT2D eigenvalue weighted by molar-refractivity contribution is 5.85. The normalized spacial score (nSPS) is 23.5. The number of halogens is 4. The van der Waals surface area contributed by atoms with Gasteiger partial charge in [-0.15, -0.1) is 25.6 Å². The van der Waals surface area contributed by atoms with Crippen LogP contribution in [-0.2, 0) is 4.79 Å². The van der Waals surface area contributed by atoms with E-state index in [9.17, 15) is 18.0 Å². The van der Waals surface area contributed by atoms with Gasteiger partial charge in [0.25, 0.3) is 0 Å². The Morgan fingerprint density at radius 1 is 1.24 bits per heavy atom. The second-order valence-electron chi connectivity index (χ2n) is 6.46. The monoisotopic (exact) mass is 378 g/mol. The fraction of sp³-hybridized carbons (Fsp3) is 0.588. The van der Waals surface area contributed by atoms with E-state index in [1.165, 1.54) is 12.1 Å². The molecule has 1 heterocycles. The molecule has 2 fully saturated rings. The van der Waals surface area contributed by atoms with E-state index < -0.39 is 6.36 Å². The van der Waals surface area contributed by atoms with Gasteiger partial charge in [-0.25, -0.2) is 0 Å². The maximum absolute atomic E-state index is 12.6. The van der Waals surface area contributed by atoms with E-state index in [4.69, 9.17) is 0 Å². The van der Waals surface area contributed by atoms with Crippen molar-refractivity contribution < 1.29 is 22.7 Å². The summed E-state index contributed by atoms with van der Waals surface area (Å²) in [5, 5.41) is 3.26. The van der Waals surface area contributed by atoms with Crippen molar-refractivity contribution in [3.05, 3.63) is 29.8 Å². The zero-order chi connectivity index (χ0) is 17.3. The van der Waals surface area contributed by atoms with E-state index in [1.54, 1.807) is 24.1 Å². The fourth-order valence-corrected chi connectivity index (χ4v) is 3.45. The molecule has 1 aromatic carbocycles. The predicted octanol–water partition coefficient (Wildman–Crippen LogP) is 3.32. The minimum atomic E-state index is -4.73. The number of rotatable bonds is 4. The summed E-state index contributed by atoms with van der Waals surface area (Å²) in [6, 6.07) is 6.31. The van der Waals surface area contributed by atoms with E-state index in [2.05, 4.69) is 10.1 Å². The Bertz CT molecular complexity index is 606. The van der Waals surface area contributed by atoms with Gasteiger partial charge in [0.2, 0.25) is 5.91 Å². The van der Waals surface area contributed by atoms with Crippen molar-refractivity contribution in [2.45, 2.75) is 37.6 Å². The average molecular weight is 379 g/mol. The summed E-state index contributed by atoms with van der Waals surface area (Å²) in [5.74, 6) is -0.619. The molecule has 1 amide bonds. The second-order valence-corrected chi connectivity index (χ2v) is 6.46. The molecule has 2 aliphatic rings. The fourth-order valence-electron chi connectivity index (χ4n) is 3.45. The van der Waals surface area contributed by atoms with Crippen LogP contribution in [0.15, 0.2) is 24.3 Å². The van der Waals surface area contributed by atoms with Crippen LogP contribution in [0.1, 0.15) is 30.7 Å². The molecule has 1 saturated carbocycles. The number of ether oxygens (including phenoxy) is 1. The summed E-state index contributed by atoms with van der Waals surface area (Å²) in [6.45, 7) is 1.78. The van der Waals surface area contributed by atoms with Crippen LogP contribution in [0, 0.1) is 5.92 Å². The van der Waals surface area contributed by atoms with Gasteiger partial charge in [0.1, 0.15) is 5.75 Å². The molecule has 1 aliphatic carbocycles. The largest absolute Gasteiger partial charge is 0.573 e. The van der Waals surface area contributed by atoms with Gasteiger partial charge in [-0.05, 0) is 49.9 Å². The third-order valence-corrected chi connectivity index (χ3v) is 4.86. The van der Waals surface area contributed by atoms with Gasteiger partial charge in [0, 0.05) is 19.0 Å². The molecule has 2 unspecified atom stereocenters. The molecule has 8 heteroatoms. The molecule has 0 radical (unpaired) electrons. The number of alkyl halides is 3. The molecule has 1 N–H and O–H groups in total. The van der Waals surface area contributed by atoms with Crippen LogP contribution in [-0.4, -0.2) is 43.3 Å². The van der Waals surface area contributed by atoms with E-state index in [0.29, 0.717) is 12.0 Å². The van der Waals surface area contributed by atoms with Crippen molar-refractivity contribution in [2.75, 3.05) is 20.1 Å². The highest BCUT2D eigenvalue weighted by atomic mass is 35.5.